The zero-order valence-electron chi connectivity index (χ0n) is 20.3. The van der Waals surface area contributed by atoms with Crippen molar-refractivity contribution in [1.29, 1.82) is 0 Å². The lowest BCUT2D eigenvalue weighted by Gasteiger charge is -2.35. The number of carbonyl (C=O) groups is 4. The van der Waals surface area contributed by atoms with Crippen molar-refractivity contribution >= 4 is 34.6 Å². The van der Waals surface area contributed by atoms with Crippen molar-refractivity contribution < 1.29 is 23.9 Å². The van der Waals surface area contributed by atoms with Crippen LogP contribution in [0.2, 0.25) is 0 Å². The van der Waals surface area contributed by atoms with Crippen molar-refractivity contribution in [1.82, 2.24) is 20.2 Å². The Morgan fingerprint density at radius 1 is 1.11 bits per heavy atom. The number of fused-ring (bicyclic) bond motifs is 1. The molecule has 0 bridgehead atoms. The first-order chi connectivity index (χ1) is 17.8. The van der Waals surface area contributed by atoms with Crippen LogP contribution >= 0.6 is 0 Å². The molecule has 37 heavy (non-hydrogen) atoms. The van der Waals surface area contributed by atoms with Crippen LogP contribution in [-0.4, -0.2) is 33.2 Å². The lowest BCUT2D eigenvalue weighted by atomic mass is 9.87. The van der Waals surface area contributed by atoms with Crippen LogP contribution in [0.4, 0.5) is 0 Å². The Bertz CT molecular complexity index is 1480. The molecular formula is C27H26N4O6. The van der Waals surface area contributed by atoms with Gasteiger partial charge in [0, 0.05) is 18.9 Å². The number of benzene rings is 2. The first kappa shape index (κ1) is 24.4. The molecule has 1 saturated heterocycles. The van der Waals surface area contributed by atoms with Crippen molar-refractivity contribution in [2.45, 2.75) is 51.3 Å². The molecule has 0 spiro atoms. The van der Waals surface area contributed by atoms with Gasteiger partial charge in [-0.25, -0.2) is 9.78 Å². The fraction of sp³-hybridized carbons (Fsp3) is 0.333. The third-order valence-corrected chi connectivity index (χ3v) is 6.79. The lowest BCUT2D eigenvalue weighted by Crippen LogP contribution is -2.62. The third kappa shape index (κ3) is 4.62. The lowest BCUT2D eigenvalue weighted by molar-refractivity contribution is -0.164. The van der Waals surface area contributed by atoms with Crippen LogP contribution in [0.25, 0.3) is 10.9 Å². The Balaban J connectivity index is 1.54. The zero-order valence-corrected chi connectivity index (χ0v) is 20.3. The molecule has 2 fully saturated rings. The van der Waals surface area contributed by atoms with Crippen molar-refractivity contribution in [3.63, 3.8) is 0 Å². The minimum absolute atomic E-state index is 0.0248. The maximum Gasteiger partial charge on any atom is 0.342 e. The summed E-state index contributed by atoms with van der Waals surface area (Å²) in [7, 11) is 0. The van der Waals surface area contributed by atoms with Gasteiger partial charge in [0.05, 0.1) is 10.9 Å². The van der Waals surface area contributed by atoms with E-state index < -0.39 is 28.9 Å². The van der Waals surface area contributed by atoms with Crippen LogP contribution in [0, 0.1) is 12.8 Å². The molecule has 10 nitrogen and oxygen atoms in total. The molecular weight excluding hydrogens is 476 g/mol. The maximum absolute atomic E-state index is 13.8. The predicted molar refractivity (Wildman–Crippen MR) is 132 cm³/mol. The van der Waals surface area contributed by atoms with Gasteiger partial charge in [0.1, 0.15) is 12.4 Å². The average molecular weight is 503 g/mol. The standard InChI is InChI=1S/C27H26N4O6/c1-16-29-21-10-7-18(14-28-23(33)19-8-9-19)13-20(21)24(34)31(16)27(12-11-22(32)30-25(27)35)26(36)37-15-17-5-3-2-4-6-17/h2-7,10,13,19H,8-9,11-12,14-15H2,1H3,(H,28,33)(H,30,32,35)/t27-/m0/s1. The fourth-order valence-corrected chi connectivity index (χ4v) is 4.62. The normalized spacial score (nSPS) is 19.4. The summed E-state index contributed by atoms with van der Waals surface area (Å²) in [5.41, 5.74) is -0.937. The van der Waals surface area contributed by atoms with Gasteiger partial charge in [-0.15, -0.1) is 0 Å². The molecule has 10 heteroatoms. The number of hydrogen-bond donors (Lipinski definition) is 2. The number of piperidine rings is 1. The third-order valence-electron chi connectivity index (χ3n) is 6.79. The van der Waals surface area contributed by atoms with Crippen molar-refractivity contribution in [2.24, 2.45) is 5.92 Å². The Morgan fingerprint density at radius 2 is 1.86 bits per heavy atom. The molecule has 1 aromatic heterocycles. The number of esters is 1. The number of amides is 3. The van der Waals surface area contributed by atoms with E-state index in [0.717, 1.165) is 17.4 Å². The van der Waals surface area contributed by atoms with Gasteiger partial charge in [-0.1, -0.05) is 36.4 Å². The smallest absolute Gasteiger partial charge is 0.342 e. The summed E-state index contributed by atoms with van der Waals surface area (Å²) in [4.78, 5) is 69.1. The number of imide groups is 1. The van der Waals surface area contributed by atoms with Crippen molar-refractivity contribution in [3.05, 3.63) is 75.8 Å². The summed E-state index contributed by atoms with van der Waals surface area (Å²) in [6, 6.07) is 14.0. The number of hydrogen-bond acceptors (Lipinski definition) is 7. The van der Waals surface area contributed by atoms with E-state index in [2.05, 4.69) is 15.6 Å². The maximum atomic E-state index is 13.8. The highest BCUT2D eigenvalue weighted by Gasteiger charge is 2.54. The van der Waals surface area contributed by atoms with Crippen LogP contribution in [0.3, 0.4) is 0 Å². The monoisotopic (exact) mass is 502 g/mol. The summed E-state index contributed by atoms with van der Waals surface area (Å²) in [6.07, 6.45) is 1.37. The molecule has 190 valence electrons. The Morgan fingerprint density at radius 3 is 2.57 bits per heavy atom. The number of aryl methyl sites for hydroxylation is 1. The molecule has 3 aromatic rings. The average Bonchev–Trinajstić information content (AvgIpc) is 3.74. The first-order valence-corrected chi connectivity index (χ1v) is 12.2. The molecule has 2 N–H and O–H groups in total. The number of ether oxygens (including phenoxy) is 1. The Hall–Kier alpha value is -4.34. The van der Waals surface area contributed by atoms with Crippen LogP contribution in [0.1, 0.15) is 42.6 Å². The first-order valence-electron chi connectivity index (χ1n) is 12.2. The summed E-state index contributed by atoms with van der Waals surface area (Å²) in [5.74, 6) is -2.25. The summed E-state index contributed by atoms with van der Waals surface area (Å²) in [5, 5.41) is 5.24. The molecule has 1 aliphatic carbocycles. The second-order valence-corrected chi connectivity index (χ2v) is 9.44. The molecule has 0 radical (unpaired) electrons. The highest BCUT2D eigenvalue weighted by molar-refractivity contribution is 6.13. The van der Waals surface area contributed by atoms with Crippen LogP contribution < -0.4 is 16.2 Å². The van der Waals surface area contributed by atoms with Gasteiger partial charge in [0.15, 0.2) is 0 Å². The van der Waals surface area contributed by atoms with Gasteiger partial charge in [-0.2, -0.15) is 0 Å². The quantitative estimate of drug-likeness (QED) is 0.285. The highest BCUT2D eigenvalue weighted by Crippen LogP contribution is 2.30. The van der Waals surface area contributed by atoms with Crippen LogP contribution in [0.15, 0.2) is 53.3 Å². The van der Waals surface area contributed by atoms with E-state index in [1.807, 2.05) is 6.07 Å². The van der Waals surface area contributed by atoms with E-state index >= 15 is 0 Å². The molecule has 2 aromatic carbocycles. The Labute approximate surface area is 212 Å². The minimum atomic E-state index is -2.10. The molecule has 5 rings (SSSR count). The van der Waals surface area contributed by atoms with E-state index in [1.165, 1.54) is 6.92 Å². The Kier molecular flexibility index (Phi) is 6.32. The molecule has 1 aliphatic heterocycles. The zero-order chi connectivity index (χ0) is 26.2. The predicted octanol–water partition coefficient (Wildman–Crippen LogP) is 1.61. The van der Waals surface area contributed by atoms with Crippen LogP contribution in [-0.2, 0) is 42.6 Å². The second-order valence-electron chi connectivity index (χ2n) is 9.44. The summed E-state index contributed by atoms with van der Waals surface area (Å²) in [6.45, 7) is 1.65. The fourth-order valence-electron chi connectivity index (χ4n) is 4.62. The largest absolute Gasteiger partial charge is 0.459 e. The van der Waals surface area contributed by atoms with Crippen LogP contribution in [0.5, 0.6) is 0 Å². The van der Waals surface area contributed by atoms with E-state index in [4.69, 9.17) is 4.74 Å². The van der Waals surface area contributed by atoms with Gasteiger partial charge in [0.2, 0.25) is 17.4 Å². The molecule has 1 atom stereocenters. The number of rotatable bonds is 7. The van der Waals surface area contributed by atoms with Gasteiger partial charge in [-0.3, -0.25) is 29.1 Å². The van der Waals surface area contributed by atoms with E-state index in [9.17, 15) is 24.0 Å². The molecule has 0 unspecified atom stereocenters. The van der Waals surface area contributed by atoms with Crippen molar-refractivity contribution in [3.8, 4) is 0 Å². The molecule has 1 saturated carbocycles. The molecule has 3 amide bonds. The van der Waals surface area contributed by atoms with E-state index in [1.54, 1.807) is 42.5 Å². The minimum Gasteiger partial charge on any atom is -0.459 e. The molecule has 2 aliphatic rings. The van der Waals surface area contributed by atoms with Gasteiger partial charge >= 0.3 is 5.97 Å². The summed E-state index contributed by atoms with van der Waals surface area (Å²) < 4.78 is 6.56. The number of aromatic nitrogens is 2. The highest BCUT2D eigenvalue weighted by atomic mass is 16.5. The molecule has 2 heterocycles. The number of carbonyl (C=O) groups excluding carboxylic acids is 4. The van der Waals surface area contributed by atoms with Crippen molar-refractivity contribution in [2.75, 3.05) is 0 Å². The number of nitrogens with one attached hydrogen (secondary N) is 2. The topological polar surface area (TPSA) is 136 Å². The summed E-state index contributed by atoms with van der Waals surface area (Å²) >= 11 is 0. The van der Waals surface area contributed by atoms with Gasteiger partial charge in [0.25, 0.3) is 11.5 Å². The van der Waals surface area contributed by atoms with E-state index in [-0.39, 0.29) is 49.0 Å². The number of nitrogens with zero attached hydrogens (tertiary/aromatic N) is 2. The van der Waals surface area contributed by atoms with Gasteiger partial charge < -0.3 is 10.1 Å². The second kappa shape index (κ2) is 9.61. The SMILES string of the molecule is Cc1nc2ccc(CNC(=O)C3CC3)cc2c(=O)n1[C@@]1(C(=O)OCc2ccccc2)CCC(=O)NC1=O. The van der Waals surface area contributed by atoms with E-state index in [0.29, 0.717) is 16.6 Å². The van der Waals surface area contributed by atoms with Gasteiger partial charge in [-0.05, 0) is 49.4 Å².